The summed E-state index contributed by atoms with van der Waals surface area (Å²) in [5, 5.41) is 0. The highest BCUT2D eigenvalue weighted by Gasteiger charge is 2.15. The summed E-state index contributed by atoms with van der Waals surface area (Å²) in [6, 6.07) is 6.56. The van der Waals surface area contributed by atoms with E-state index >= 15 is 0 Å². The molecule has 0 amide bonds. The summed E-state index contributed by atoms with van der Waals surface area (Å²) in [6.07, 6.45) is 3.50. The van der Waals surface area contributed by atoms with E-state index in [9.17, 15) is 9.18 Å². The first-order valence-electron chi connectivity index (χ1n) is 6.90. The Kier molecular flexibility index (Phi) is 6.33. The Morgan fingerprint density at radius 3 is 3.00 bits per heavy atom. The van der Waals surface area contributed by atoms with E-state index in [1.807, 2.05) is 0 Å². The average molecular weight is 298 g/mol. The van der Waals surface area contributed by atoms with Crippen LogP contribution < -0.4 is 0 Å². The van der Waals surface area contributed by atoms with Crippen LogP contribution in [0.1, 0.15) is 25.7 Å². The van der Waals surface area contributed by atoms with E-state index < -0.39 is 0 Å². The van der Waals surface area contributed by atoms with E-state index in [1.54, 1.807) is 18.2 Å². The number of thioether (sulfide) groups is 1. The van der Waals surface area contributed by atoms with Crippen LogP contribution >= 0.6 is 11.8 Å². The number of hydrogen-bond acceptors (Lipinski definition) is 4. The lowest BCUT2D eigenvalue weighted by Gasteiger charge is -2.22. The first-order valence-corrected chi connectivity index (χ1v) is 7.89. The van der Waals surface area contributed by atoms with Crippen molar-refractivity contribution in [1.29, 1.82) is 0 Å². The van der Waals surface area contributed by atoms with Gasteiger partial charge in [-0.15, -0.1) is 11.8 Å². The lowest BCUT2D eigenvalue weighted by atomic mass is 10.1. The van der Waals surface area contributed by atoms with E-state index in [-0.39, 0.29) is 24.3 Å². The molecule has 1 heterocycles. The second-order valence-electron chi connectivity index (χ2n) is 4.70. The third-order valence-corrected chi connectivity index (χ3v) is 4.15. The molecular weight excluding hydrogens is 279 g/mol. The van der Waals surface area contributed by atoms with Crippen molar-refractivity contribution < 1.29 is 18.7 Å². The Hall–Kier alpha value is -1.07. The summed E-state index contributed by atoms with van der Waals surface area (Å²) >= 11 is 1.33. The molecule has 1 unspecified atom stereocenters. The third kappa shape index (κ3) is 5.13. The molecule has 1 fully saturated rings. The lowest BCUT2D eigenvalue weighted by molar-refractivity contribution is -0.148. The van der Waals surface area contributed by atoms with Gasteiger partial charge in [-0.2, -0.15) is 0 Å². The topological polar surface area (TPSA) is 35.5 Å². The number of halogens is 1. The second-order valence-corrected chi connectivity index (χ2v) is 5.84. The van der Waals surface area contributed by atoms with Crippen LogP contribution in [0.3, 0.4) is 0 Å². The molecule has 0 spiro atoms. The van der Waals surface area contributed by atoms with Gasteiger partial charge < -0.3 is 9.47 Å². The first kappa shape index (κ1) is 15.3. The van der Waals surface area contributed by atoms with Crippen molar-refractivity contribution >= 4 is 17.7 Å². The molecular formula is C15H19FO3S. The van der Waals surface area contributed by atoms with Gasteiger partial charge in [0.15, 0.2) is 0 Å². The van der Waals surface area contributed by atoms with E-state index in [2.05, 4.69) is 0 Å². The number of rotatable bonds is 6. The van der Waals surface area contributed by atoms with Crippen LogP contribution in [0.15, 0.2) is 29.2 Å². The van der Waals surface area contributed by atoms with Gasteiger partial charge in [-0.1, -0.05) is 12.1 Å². The Bertz CT molecular complexity index is 433. The van der Waals surface area contributed by atoms with E-state index in [4.69, 9.17) is 9.47 Å². The number of benzene rings is 1. The molecule has 0 N–H and O–H groups in total. The molecule has 1 saturated heterocycles. The normalized spacial score (nSPS) is 18.8. The predicted octanol–water partition coefficient (Wildman–Crippen LogP) is 3.42. The smallest absolute Gasteiger partial charge is 0.306 e. The first-order chi connectivity index (χ1) is 9.75. The maximum absolute atomic E-state index is 13.4. The summed E-state index contributed by atoms with van der Waals surface area (Å²) in [4.78, 5) is 12.1. The fraction of sp³-hybridized carbons (Fsp3) is 0.533. The molecule has 1 atom stereocenters. The fourth-order valence-corrected chi connectivity index (χ4v) is 2.87. The van der Waals surface area contributed by atoms with Crippen LogP contribution in [0.5, 0.6) is 0 Å². The molecule has 0 saturated carbocycles. The van der Waals surface area contributed by atoms with Crippen molar-refractivity contribution in [3.8, 4) is 0 Å². The highest BCUT2D eigenvalue weighted by atomic mass is 32.2. The minimum absolute atomic E-state index is 0.0481. The minimum atomic E-state index is -0.249. The standard InChI is InChI=1S/C15H19FO3S/c16-13-6-1-2-7-14(13)20-10-8-15(17)19-11-12-5-3-4-9-18-12/h1-2,6-7,12H,3-5,8-11H2. The Balaban J connectivity index is 1.61. The summed E-state index contributed by atoms with van der Waals surface area (Å²) in [5.41, 5.74) is 0. The maximum atomic E-state index is 13.4. The highest BCUT2D eigenvalue weighted by Crippen LogP contribution is 2.22. The highest BCUT2D eigenvalue weighted by molar-refractivity contribution is 7.99. The lowest BCUT2D eigenvalue weighted by Crippen LogP contribution is -2.26. The molecule has 0 aromatic heterocycles. The quantitative estimate of drug-likeness (QED) is 0.595. The molecule has 1 aromatic carbocycles. The van der Waals surface area contributed by atoms with Gasteiger partial charge in [0.1, 0.15) is 12.4 Å². The molecule has 0 aliphatic carbocycles. The molecule has 0 bridgehead atoms. The Morgan fingerprint density at radius 1 is 1.40 bits per heavy atom. The summed E-state index contributed by atoms with van der Waals surface area (Å²) < 4.78 is 24.0. The molecule has 5 heteroatoms. The van der Waals surface area contributed by atoms with Crippen molar-refractivity contribution in [3.63, 3.8) is 0 Å². The van der Waals surface area contributed by atoms with Gasteiger partial charge in [0.05, 0.1) is 12.5 Å². The predicted molar refractivity (Wildman–Crippen MR) is 76.3 cm³/mol. The van der Waals surface area contributed by atoms with Gasteiger partial charge in [-0.05, 0) is 31.4 Å². The Morgan fingerprint density at radius 2 is 2.25 bits per heavy atom. The molecule has 1 aliphatic heterocycles. The molecule has 0 radical (unpaired) electrons. The van der Waals surface area contributed by atoms with Crippen molar-refractivity contribution in [1.82, 2.24) is 0 Å². The van der Waals surface area contributed by atoms with Gasteiger partial charge in [0.2, 0.25) is 0 Å². The van der Waals surface area contributed by atoms with Crippen LogP contribution in [0.2, 0.25) is 0 Å². The third-order valence-electron chi connectivity index (χ3n) is 3.10. The number of ether oxygens (including phenoxy) is 2. The molecule has 1 aromatic rings. The number of carbonyl (C=O) groups excluding carboxylic acids is 1. The van der Waals surface area contributed by atoms with Gasteiger partial charge in [-0.3, -0.25) is 4.79 Å². The molecule has 110 valence electrons. The average Bonchev–Trinajstić information content (AvgIpc) is 2.48. The molecule has 3 nitrogen and oxygen atoms in total. The van der Waals surface area contributed by atoms with E-state index in [0.29, 0.717) is 17.3 Å². The zero-order valence-corrected chi connectivity index (χ0v) is 12.2. The second kappa shape index (κ2) is 8.27. The van der Waals surface area contributed by atoms with Crippen molar-refractivity contribution in [2.75, 3.05) is 19.0 Å². The van der Waals surface area contributed by atoms with Crippen LogP contribution in [0.4, 0.5) is 4.39 Å². The molecule has 2 rings (SSSR count). The van der Waals surface area contributed by atoms with Crippen molar-refractivity contribution in [3.05, 3.63) is 30.1 Å². The van der Waals surface area contributed by atoms with Crippen LogP contribution in [0.25, 0.3) is 0 Å². The van der Waals surface area contributed by atoms with Gasteiger partial charge in [0.25, 0.3) is 0 Å². The van der Waals surface area contributed by atoms with Crippen LogP contribution in [-0.4, -0.2) is 31.0 Å². The Labute approximate surface area is 122 Å². The van der Waals surface area contributed by atoms with E-state index in [0.717, 1.165) is 25.9 Å². The number of carbonyl (C=O) groups is 1. The van der Waals surface area contributed by atoms with Gasteiger partial charge in [0, 0.05) is 17.3 Å². The maximum Gasteiger partial charge on any atom is 0.306 e. The van der Waals surface area contributed by atoms with Gasteiger partial charge in [-0.25, -0.2) is 4.39 Å². The fourth-order valence-electron chi connectivity index (χ4n) is 2.00. The summed E-state index contributed by atoms with van der Waals surface area (Å²) in [6.45, 7) is 1.09. The largest absolute Gasteiger partial charge is 0.463 e. The molecule has 1 aliphatic rings. The number of esters is 1. The van der Waals surface area contributed by atoms with Crippen LogP contribution in [0, 0.1) is 5.82 Å². The zero-order chi connectivity index (χ0) is 14.2. The molecule has 20 heavy (non-hydrogen) atoms. The van der Waals surface area contributed by atoms with Crippen molar-refractivity contribution in [2.24, 2.45) is 0 Å². The number of hydrogen-bond donors (Lipinski definition) is 0. The minimum Gasteiger partial charge on any atom is -0.463 e. The zero-order valence-electron chi connectivity index (χ0n) is 11.3. The van der Waals surface area contributed by atoms with E-state index in [1.165, 1.54) is 17.8 Å². The van der Waals surface area contributed by atoms with Gasteiger partial charge >= 0.3 is 5.97 Å². The SMILES string of the molecule is O=C(CCSc1ccccc1F)OCC1CCCCO1. The monoisotopic (exact) mass is 298 g/mol. The van der Waals surface area contributed by atoms with Crippen molar-refractivity contribution in [2.45, 2.75) is 36.7 Å². The summed E-state index contributed by atoms with van der Waals surface area (Å²) in [5.74, 6) is 0.0233. The summed E-state index contributed by atoms with van der Waals surface area (Å²) in [7, 11) is 0. The van der Waals surface area contributed by atoms with Crippen LogP contribution in [-0.2, 0) is 14.3 Å².